The van der Waals surface area contributed by atoms with Gasteiger partial charge < -0.3 is 4.98 Å². The smallest absolute Gasteiger partial charge is 0.162 e. The number of benzene rings is 2. The molecule has 0 aliphatic rings. The molecular weight excluding hydrogens is 258 g/mol. The molecule has 3 rings (SSSR count). The van der Waals surface area contributed by atoms with E-state index in [0.29, 0.717) is 11.4 Å². The SMILES string of the molecule is Cc1cc(C)c2nc(Cc3cccc(F)c3F)[nH]c2c1. The van der Waals surface area contributed by atoms with Crippen molar-refractivity contribution in [1.29, 1.82) is 0 Å². The number of imidazole rings is 1. The first-order valence-electron chi connectivity index (χ1n) is 6.43. The maximum atomic E-state index is 13.7. The normalized spacial score (nSPS) is 11.2. The monoisotopic (exact) mass is 272 g/mol. The third-order valence-electron chi connectivity index (χ3n) is 3.36. The molecule has 0 spiro atoms. The lowest BCUT2D eigenvalue weighted by atomic mass is 10.1. The Balaban J connectivity index is 2.03. The molecule has 0 radical (unpaired) electrons. The first kappa shape index (κ1) is 12.8. The van der Waals surface area contributed by atoms with E-state index in [2.05, 4.69) is 16.0 Å². The van der Waals surface area contributed by atoms with Crippen molar-refractivity contribution >= 4 is 11.0 Å². The molecule has 0 fully saturated rings. The first-order valence-corrected chi connectivity index (χ1v) is 6.43. The maximum absolute atomic E-state index is 13.7. The predicted molar refractivity (Wildman–Crippen MR) is 74.7 cm³/mol. The van der Waals surface area contributed by atoms with E-state index in [-0.39, 0.29) is 6.42 Å². The van der Waals surface area contributed by atoms with E-state index in [1.165, 1.54) is 6.07 Å². The molecule has 2 aromatic carbocycles. The molecule has 2 nitrogen and oxygen atoms in total. The molecule has 20 heavy (non-hydrogen) atoms. The van der Waals surface area contributed by atoms with Gasteiger partial charge in [-0.1, -0.05) is 18.2 Å². The summed E-state index contributed by atoms with van der Waals surface area (Å²) in [5.74, 6) is -0.996. The van der Waals surface area contributed by atoms with E-state index >= 15 is 0 Å². The summed E-state index contributed by atoms with van der Waals surface area (Å²) in [4.78, 5) is 7.65. The van der Waals surface area contributed by atoms with Crippen LogP contribution >= 0.6 is 0 Å². The molecule has 0 saturated heterocycles. The molecule has 1 N–H and O–H groups in total. The van der Waals surface area contributed by atoms with E-state index in [9.17, 15) is 8.78 Å². The van der Waals surface area contributed by atoms with Crippen molar-refractivity contribution in [3.8, 4) is 0 Å². The molecule has 1 aromatic heterocycles. The van der Waals surface area contributed by atoms with Crippen LogP contribution < -0.4 is 0 Å². The zero-order chi connectivity index (χ0) is 14.3. The summed E-state index contributed by atoms with van der Waals surface area (Å²) in [7, 11) is 0. The molecular formula is C16H14F2N2. The third-order valence-corrected chi connectivity index (χ3v) is 3.36. The van der Waals surface area contributed by atoms with E-state index in [4.69, 9.17) is 0 Å². The van der Waals surface area contributed by atoms with Gasteiger partial charge in [0.25, 0.3) is 0 Å². The van der Waals surface area contributed by atoms with Crippen molar-refractivity contribution in [1.82, 2.24) is 9.97 Å². The second-order valence-corrected chi connectivity index (χ2v) is 5.05. The number of rotatable bonds is 2. The van der Waals surface area contributed by atoms with E-state index in [0.717, 1.165) is 28.2 Å². The van der Waals surface area contributed by atoms with Crippen LogP contribution in [0.4, 0.5) is 8.78 Å². The molecule has 0 bridgehead atoms. The Bertz CT molecular complexity index is 791. The summed E-state index contributed by atoms with van der Waals surface area (Å²) in [6.45, 7) is 4.00. The van der Waals surface area contributed by atoms with E-state index < -0.39 is 11.6 Å². The van der Waals surface area contributed by atoms with Crippen LogP contribution in [0.15, 0.2) is 30.3 Å². The lowest BCUT2D eigenvalue weighted by molar-refractivity contribution is 0.500. The topological polar surface area (TPSA) is 28.7 Å². The molecule has 102 valence electrons. The molecule has 4 heteroatoms. The van der Waals surface area contributed by atoms with Gasteiger partial charge in [-0.05, 0) is 42.7 Å². The summed E-state index contributed by atoms with van der Waals surface area (Å²) in [6, 6.07) is 8.25. The highest BCUT2D eigenvalue weighted by Gasteiger charge is 2.11. The van der Waals surface area contributed by atoms with Gasteiger partial charge in [-0.15, -0.1) is 0 Å². The van der Waals surface area contributed by atoms with Crippen molar-refractivity contribution in [2.45, 2.75) is 20.3 Å². The molecule has 0 saturated carbocycles. The van der Waals surface area contributed by atoms with Crippen LogP contribution in [0.5, 0.6) is 0 Å². The van der Waals surface area contributed by atoms with Gasteiger partial charge in [-0.3, -0.25) is 0 Å². The van der Waals surface area contributed by atoms with Gasteiger partial charge in [-0.2, -0.15) is 0 Å². The second kappa shape index (κ2) is 4.71. The number of hydrogen-bond acceptors (Lipinski definition) is 1. The van der Waals surface area contributed by atoms with Crippen molar-refractivity contribution in [3.63, 3.8) is 0 Å². The zero-order valence-corrected chi connectivity index (χ0v) is 11.3. The summed E-state index contributed by atoms with van der Waals surface area (Å²) in [5, 5.41) is 0. The number of H-pyrrole nitrogens is 1. The van der Waals surface area contributed by atoms with E-state index in [1.807, 2.05) is 19.9 Å². The molecule has 0 aliphatic heterocycles. The largest absolute Gasteiger partial charge is 0.342 e. The zero-order valence-electron chi connectivity index (χ0n) is 11.3. The minimum absolute atomic E-state index is 0.247. The van der Waals surface area contributed by atoms with Crippen molar-refractivity contribution < 1.29 is 8.78 Å². The average Bonchev–Trinajstić information content (AvgIpc) is 2.78. The lowest BCUT2D eigenvalue weighted by Crippen LogP contribution is -1.97. The van der Waals surface area contributed by atoms with Gasteiger partial charge in [0.05, 0.1) is 11.0 Å². The molecule has 0 atom stereocenters. The Labute approximate surface area is 115 Å². The van der Waals surface area contributed by atoms with Crippen molar-refractivity contribution in [2.75, 3.05) is 0 Å². The number of nitrogens with one attached hydrogen (secondary N) is 1. The van der Waals surface area contributed by atoms with Gasteiger partial charge in [0, 0.05) is 6.42 Å². The molecule has 0 unspecified atom stereocenters. The molecule has 1 heterocycles. The fourth-order valence-corrected chi connectivity index (χ4v) is 2.47. The van der Waals surface area contributed by atoms with Crippen LogP contribution in [0.1, 0.15) is 22.5 Å². The molecule has 3 aromatic rings. The van der Waals surface area contributed by atoms with Gasteiger partial charge in [0.15, 0.2) is 11.6 Å². The number of aromatic amines is 1. The first-order chi connectivity index (χ1) is 9.54. The van der Waals surface area contributed by atoms with Crippen LogP contribution in [0.2, 0.25) is 0 Å². The average molecular weight is 272 g/mol. The van der Waals surface area contributed by atoms with Crippen molar-refractivity contribution in [3.05, 3.63) is 64.5 Å². The maximum Gasteiger partial charge on any atom is 0.162 e. The number of fused-ring (bicyclic) bond motifs is 1. The Kier molecular flexibility index (Phi) is 3.01. The minimum atomic E-state index is -0.828. The number of nitrogens with zero attached hydrogens (tertiary/aromatic N) is 1. The Hall–Kier alpha value is -2.23. The Morgan fingerprint density at radius 2 is 1.95 bits per heavy atom. The quantitative estimate of drug-likeness (QED) is 0.749. The second-order valence-electron chi connectivity index (χ2n) is 5.05. The van der Waals surface area contributed by atoms with Crippen LogP contribution in [-0.4, -0.2) is 9.97 Å². The molecule has 0 amide bonds. The highest BCUT2D eigenvalue weighted by Crippen LogP contribution is 2.20. The van der Waals surface area contributed by atoms with Crippen LogP contribution in [-0.2, 0) is 6.42 Å². The minimum Gasteiger partial charge on any atom is -0.342 e. The van der Waals surface area contributed by atoms with Gasteiger partial charge in [-0.25, -0.2) is 13.8 Å². The van der Waals surface area contributed by atoms with Gasteiger partial charge in [0.2, 0.25) is 0 Å². The van der Waals surface area contributed by atoms with Gasteiger partial charge >= 0.3 is 0 Å². The lowest BCUT2D eigenvalue weighted by Gasteiger charge is -2.01. The highest BCUT2D eigenvalue weighted by atomic mass is 19.2. The van der Waals surface area contributed by atoms with Crippen LogP contribution in [0.3, 0.4) is 0 Å². The van der Waals surface area contributed by atoms with Crippen LogP contribution in [0, 0.1) is 25.5 Å². The fraction of sp³-hybridized carbons (Fsp3) is 0.188. The predicted octanol–water partition coefficient (Wildman–Crippen LogP) is 4.05. The summed E-state index contributed by atoms with van der Waals surface area (Å²) < 4.78 is 26.9. The number of halogens is 2. The number of hydrogen-bond donors (Lipinski definition) is 1. The number of aryl methyl sites for hydroxylation is 2. The summed E-state index contributed by atoms with van der Waals surface area (Å²) in [5.41, 5.74) is 4.32. The van der Waals surface area contributed by atoms with E-state index in [1.54, 1.807) is 6.07 Å². The number of aromatic nitrogens is 2. The van der Waals surface area contributed by atoms with Gasteiger partial charge in [0.1, 0.15) is 5.82 Å². The fourth-order valence-electron chi connectivity index (χ4n) is 2.47. The van der Waals surface area contributed by atoms with Crippen LogP contribution in [0.25, 0.3) is 11.0 Å². The molecule has 0 aliphatic carbocycles. The third kappa shape index (κ3) is 2.18. The highest BCUT2D eigenvalue weighted by molar-refractivity contribution is 5.79. The summed E-state index contributed by atoms with van der Waals surface area (Å²) >= 11 is 0. The summed E-state index contributed by atoms with van der Waals surface area (Å²) in [6.07, 6.45) is 0.247. The standard InChI is InChI=1S/C16H14F2N2/c1-9-6-10(2)16-13(7-9)19-14(20-16)8-11-4-3-5-12(17)15(11)18/h3-7H,8H2,1-2H3,(H,19,20). The Morgan fingerprint density at radius 3 is 2.75 bits per heavy atom. The van der Waals surface area contributed by atoms with Crippen molar-refractivity contribution in [2.24, 2.45) is 0 Å². The Morgan fingerprint density at radius 1 is 1.15 bits per heavy atom.